The van der Waals surface area contributed by atoms with E-state index in [-0.39, 0.29) is 17.5 Å². The lowest BCUT2D eigenvalue weighted by Crippen LogP contribution is -2.20. The van der Waals surface area contributed by atoms with Crippen LogP contribution in [0.15, 0.2) is 48.8 Å². The molecule has 36 heavy (non-hydrogen) atoms. The predicted molar refractivity (Wildman–Crippen MR) is 132 cm³/mol. The number of methoxy groups -OCH3 is 3. The van der Waals surface area contributed by atoms with Crippen LogP contribution in [0.2, 0.25) is 0 Å². The topological polar surface area (TPSA) is 143 Å². The summed E-state index contributed by atoms with van der Waals surface area (Å²) in [6, 6.07) is 10.4. The number of nitrogens with zero attached hydrogens (tertiary/aromatic N) is 6. The maximum absolute atomic E-state index is 12.9. The number of ether oxygens (including phenoxy) is 3. The molecule has 1 atom stereocenters. The van der Waals surface area contributed by atoms with Crippen LogP contribution in [-0.2, 0) is 11.0 Å². The van der Waals surface area contributed by atoms with Gasteiger partial charge in [-0.25, -0.2) is 19.2 Å². The van der Waals surface area contributed by atoms with Crippen LogP contribution in [0.5, 0.6) is 17.4 Å². The molecule has 13 heteroatoms. The Bertz CT molecular complexity index is 1390. The molecule has 0 fully saturated rings. The molecule has 186 valence electrons. The molecule has 0 bridgehead atoms. The van der Waals surface area contributed by atoms with Crippen LogP contribution in [0.4, 0.5) is 5.95 Å². The first-order valence-corrected chi connectivity index (χ1v) is 11.9. The number of para-hydroxylation sites is 1. The van der Waals surface area contributed by atoms with Crippen molar-refractivity contribution in [3.63, 3.8) is 0 Å². The van der Waals surface area contributed by atoms with Crippen molar-refractivity contribution >= 4 is 22.7 Å². The second-order valence-corrected chi connectivity index (χ2v) is 8.54. The van der Waals surface area contributed by atoms with Crippen molar-refractivity contribution in [1.82, 2.24) is 29.7 Å². The summed E-state index contributed by atoms with van der Waals surface area (Å²) in [5, 5.41) is 8.45. The van der Waals surface area contributed by atoms with Gasteiger partial charge in [-0.2, -0.15) is 0 Å². The lowest BCUT2D eigenvalue weighted by atomic mass is 10.2. The lowest BCUT2D eigenvalue weighted by molar-refractivity contribution is 0.101. The molecule has 0 aliphatic carbocycles. The highest BCUT2D eigenvalue weighted by molar-refractivity contribution is 7.87. The van der Waals surface area contributed by atoms with Crippen molar-refractivity contribution in [3.8, 4) is 34.6 Å². The molecule has 0 amide bonds. The van der Waals surface area contributed by atoms with Crippen LogP contribution < -0.4 is 18.9 Å². The van der Waals surface area contributed by atoms with Crippen LogP contribution in [0, 0.1) is 6.92 Å². The largest absolute Gasteiger partial charge is 0.494 e. The number of aryl methyl sites for hydroxylation is 1. The molecule has 0 saturated heterocycles. The molecule has 1 unspecified atom stereocenters. The van der Waals surface area contributed by atoms with Gasteiger partial charge in [-0.3, -0.25) is 14.1 Å². The highest BCUT2D eigenvalue weighted by atomic mass is 32.2. The van der Waals surface area contributed by atoms with Gasteiger partial charge in [0, 0.05) is 18.5 Å². The van der Waals surface area contributed by atoms with Crippen molar-refractivity contribution < 1.29 is 23.2 Å². The number of Topliss-reactive ketones (excluding diaryl/α,β-unsaturated/α-hetero) is 1. The first kappa shape index (κ1) is 24.7. The number of carbonyl (C=O) groups is 1. The van der Waals surface area contributed by atoms with E-state index >= 15 is 0 Å². The zero-order chi connectivity index (χ0) is 25.7. The second-order valence-electron chi connectivity index (χ2n) is 7.36. The molecule has 0 aliphatic heterocycles. The number of rotatable bonds is 10. The molecule has 3 heterocycles. The highest BCUT2D eigenvalue weighted by Gasteiger charge is 2.25. The fourth-order valence-electron chi connectivity index (χ4n) is 3.29. The summed E-state index contributed by atoms with van der Waals surface area (Å²) in [7, 11) is 2.64. The average molecular weight is 510 g/mol. The standard InChI is InChI=1S/C23H23N7O5S/c1-14-11-24-21(25-12-14)16(31)13-36(32)29-23-28-27-22(15-7-5-10-19(26-15)35-4)30(23)20-17(33-2)8-6-9-18(20)34-3/h5-12H,13H2,1-4H3,(H,28,29). The van der Waals surface area contributed by atoms with Crippen molar-refractivity contribution in [3.05, 3.63) is 60.2 Å². The maximum Gasteiger partial charge on any atom is 0.241 e. The zero-order valence-corrected chi connectivity index (χ0v) is 20.8. The van der Waals surface area contributed by atoms with E-state index in [2.05, 4.69) is 29.9 Å². The van der Waals surface area contributed by atoms with E-state index in [1.54, 1.807) is 41.0 Å². The first-order valence-electron chi connectivity index (χ1n) is 10.6. The van der Waals surface area contributed by atoms with E-state index in [0.717, 1.165) is 5.56 Å². The van der Waals surface area contributed by atoms with Gasteiger partial charge >= 0.3 is 0 Å². The molecule has 1 N–H and O–H groups in total. The van der Waals surface area contributed by atoms with E-state index in [0.29, 0.717) is 34.6 Å². The Hall–Kier alpha value is -4.39. The minimum absolute atomic E-state index is 0.0233. The summed E-state index contributed by atoms with van der Waals surface area (Å²) in [5.41, 5.74) is 1.68. The number of pyridine rings is 1. The Morgan fingerprint density at radius 1 is 0.972 bits per heavy atom. The SMILES string of the molecule is COc1cccc(-c2nnc(NS(=O)CC(=O)c3ncc(C)cn3)n2-c2c(OC)cccc2OC)n1. The van der Waals surface area contributed by atoms with Crippen molar-refractivity contribution in [2.45, 2.75) is 6.92 Å². The number of ketones is 1. The minimum Gasteiger partial charge on any atom is -0.494 e. The smallest absolute Gasteiger partial charge is 0.241 e. The minimum atomic E-state index is -1.89. The summed E-state index contributed by atoms with van der Waals surface area (Å²) >= 11 is 0. The quantitative estimate of drug-likeness (QED) is 0.317. The third kappa shape index (κ3) is 5.15. The molecule has 0 radical (unpaired) electrons. The number of aromatic nitrogens is 6. The monoisotopic (exact) mass is 509 g/mol. The van der Waals surface area contributed by atoms with Gasteiger partial charge in [0.25, 0.3) is 0 Å². The van der Waals surface area contributed by atoms with Gasteiger partial charge in [0.05, 0.1) is 21.3 Å². The van der Waals surface area contributed by atoms with E-state index in [1.807, 2.05) is 6.92 Å². The molecule has 0 saturated carbocycles. The van der Waals surface area contributed by atoms with Gasteiger partial charge in [-0.05, 0) is 30.7 Å². The van der Waals surface area contributed by atoms with Crippen LogP contribution in [0.1, 0.15) is 16.2 Å². The summed E-state index contributed by atoms with van der Waals surface area (Å²) < 4.78 is 33.6. The van der Waals surface area contributed by atoms with E-state index in [1.165, 1.54) is 33.7 Å². The Balaban J connectivity index is 1.76. The molecule has 1 aromatic carbocycles. The van der Waals surface area contributed by atoms with Gasteiger partial charge in [0.15, 0.2) is 11.6 Å². The lowest BCUT2D eigenvalue weighted by Gasteiger charge is -2.17. The Morgan fingerprint density at radius 3 is 2.28 bits per heavy atom. The van der Waals surface area contributed by atoms with Crippen molar-refractivity contribution in [2.75, 3.05) is 31.8 Å². The fourth-order valence-corrected chi connectivity index (χ4v) is 4.07. The zero-order valence-electron chi connectivity index (χ0n) is 20.0. The number of hydrogen-bond donors (Lipinski definition) is 1. The molecule has 12 nitrogen and oxygen atoms in total. The van der Waals surface area contributed by atoms with E-state index in [4.69, 9.17) is 14.2 Å². The molecule has 4 rings (SSSR count). The van der Waals surface area contributed by atoms with Gasteiger partial charge in [0.2, 0.25) is 17.6 Å². The fraction of sp³-hybridized carbons (Fsp3) is 0.217. The first-order chi connectivity index (χ1) is 17.4. The molecule has 4 aromatic rings. The maximum atomic E-state index is 12.9. The molecule has 3 aromatic heterocycles. The second kappa shape index (κ2) is 10.9. The van der Waals surface area contributed by atoms with E-state index in [9.17, 15) is 9.00 Å². The normalized spacial score (nSPS) is 11.6. The van der Waals surface area contributed by atoms with Gasteiger partial charge < -0.3 is 14.2 Å². The Morgan fingerprint density at radius 2 is 1.64 bits per heavy atom. The van der Waals surface area contributed by atoms with E-state index < -0.39 is 16.8 Å². The summed E-state index contributed by atoms with van der Waals surface area (Å²) in [6.45, 7) is 1.81. The van der Waals surface area contributed by atoms with Crippen molar-refractivity contribution in [2.24, 2.45) is 0 Å². The Kier molecular flexibility index (Phi) is 7.49. The van der Waals surface area contributed by atoms with Gasteiger partial charge in [-0.15, -0.1) is 10.2 Å². The molecular formula is C23H23N7O5S. The van der Waals surface area contributed by atoms with Crippen molar-refractivity contribution in [1.29, 1.82) is 0 Å². The third-order valence-electron chi connectivity index (χ3n) is 4.95. The summed E-state index contributed by atoms with van der Waals surface area (Å²) in [6.07, 6.45) is 3.04. The number of carbonyl (C=O) groups excluding carboxylic acids is 1. The molecular weight excluding hydrogens is 486 g/mol. The third-order valence-corrected chi connectivity index (χ3v) is 5.88. The van der Waals surface area contributed by atoms with Gasteiger partial charge in [-0.1, -0.05) is 12.1 Å². The van der Waals surface area contributed by atoms with Crippen LogP contribution in [0.3, 0.4) is 0 Å². The van der Waals surface area contributed by atoms with Crippen LogP contribution >= 0.6 is 0 Å². The highest BCUT2D eigenvalue weighted by Crippen LogP contribution is 2.37. The average Bonchev–Trinajstić information content (AvgIpc) is 3.31. The van der Waals surface area contributed by atoms with Crippen LogP contribution in [0.25, 0.3) is 17.2 Å². The number of hydrogen-bond acceptors (Lipinski definition) is 10. The number of anilines is 1. The van der Waals surface area contributed by atoms with Crippen LogP contribution in [-0.4, -0.2) is 66.8 Å². The number of benzene rings is 1. The predicted octanol–water partition coefficient (Wildman–Crippen LogP) is 2.41. The molecule has 0 spiro atoms. The van der Waals surface area contributed by atoms with Gasteiger partial charge in [0.1, 0.15) is 39.6 Å². The molecule has 0 aliphatic rings. The Labute approximate surface area is 209 Å². The summed E-state index contributed by atoms with van der Waals surface area (Å²) in [5.74, 6) is 0.730. The summed E-state index contributed by atoms with van der Waals surface area (Å²) in [4.78, 5) is 25.0. The number of nitrogens with one attached hydrogen (secondary N) is 1.